The van der Waals surface area contributed by atoms with Crippen LogP contribution in [0.25, 0.3) is 0 Å². The molecule has 7 nitrogen and oxygen atoms in total. The van der Waals surface area contributed by atoms with E-state index in [4.69, 9.17) is 18.8 Å². The van der Waals surface area contributed by atoms with Crippen molar-refractivity contribution in [2.75, 3.05) is 19.5 Å². The Balaban J connectivity index is 2.87. The van der Waals surface area contributed by atoms with Crippen LogP contribution in [0.15, 0.2) is 18.2 Å². The highest BCUT2D eigenvalue weighted by molar-refractivity contribution is 7.85. The zero-order valence-corrected chi connectivity index (χ0v) is 14.7. The predicted molar refractivity (Wildman–Crippen MR) is 84.0 cm³/mol. The van der Waals surface area contributed by atoms with Gasteiger partial charge in [0.2, 0.25) is 6.29 Å². The molecule has 0 bridgehead atoms. The van der Waals surface area contributed by atoms with Crippen molar-refractivity contribution in [2.45, 2.75) is 27.1 Å². The number of carbonyl (C=O) groups excluding carboxylic acids is 1. The van der Waals surface area contributed by atoms with Gasteiger partial charge < -0.3 is 14.2 Å². The van der Waals surface area contributed by atoms with Crippen LogP contribution in [-0.4, -0.2) is 44.7 Å². The lowest BCUT2D eigenvalue weighted by molar-refractivity contribution is -0.122. The molecule has 9 heteroatoms. The number of carbonyl (C=O) groups is 1. The fourth-order valence-corrected chi connectivity index (χ4v) is 2.03. The lowest BCUT2D eigenvalue weighted by atomic mass is 9.96. The monoisotopic (exact) mass is 364 g/mol. The summed E-state index contributed by atoms with van der Waals surface area (Å²) in [7, 11) is -2.81. The molecule has 1 N–H and O–H groups in total. The van der Waals surface area contributed by atoms with E-state index in [9.17, 15) is 17.6 Å². The Morgan fingerprint density at radius 3 is 2.46 bits per heavy atom. The molecule has 0 aliphatic heterocycles. The molecule has 0 aliphatic carbocycles. The molecule has 1 aromatic rings. The van der Waals surface area contributed by atoms with E-state index in [1.165, 1.54) is 13.2 Å². The van der Waals surface area contributed by atoms with Gasteiger partial charge in [-0.25, -0.2) is 9.18 Å². The largest absolute Gasteiger partial charge is 0.461 e. The van der Waals surface area contributed by atoms with Crippen LogP contribution >= 0.6 is 0 Å². The fraction of sp³-hybridized carbons (Fsp3) is 0.533. The van der Waals surface area contributed by atoms with Gasteiger partial charge >= 0.3 is 5.97 Å². The van der Waals surface area contributed by atoms with E-state index in [0.717, 1.165) is 12.1 Å². The van der Waals surface area contributed by atoms with Crippen molar-refractivity contribution >= 4 is 16.1 Å². The maximum Gasteiger partial charge on any atom is 0.338 e. The Labute approximate surface area is 140 Å². The maximum atomic E-state index is 13.9. The maximum absolute atomic E-state index is 13.9. The number of halogens is 1. The van der Waals surface area contributed by atoms with Crippen molar-refractivity contribution in [1.29, 1.82) is 0 Å². The molecule has 1 atom stereocenters. The van der Waals surface area contributed by atoms with Crippen molar-refractivity contribution in [1.82, 2.24) is 0 Å². The summed E-state index contributed by atoms with van der Waals surface area (Å²) in [6, 6.07) is 3.35. The first kappa shape index (κ1) is 20.3. The van der Waals surface area contributed by atoms with E-state index in [1.54, 1.807) is 0 Å². The minimum Gasteiger partial charge on any atom is -0.461 e. The molecule has 1 unspecified atom stereocenters. The average Bonchev–Trinajstić information content (AvgIpc) is 2.43. The third-order valence-electron chi connectivity index (χ3n) is 2.90. The summed E-state index contributed by atoms with van der Waals surface area (Å²) >= 11 is 0. The molecule has 24 heavy (non-hydrogen) atoms. The highest BCUT2D eigenvalue weighted by Gasteiger charge is 2.27. The van der Waals surface area contributed by atoms with Crippen LogP contribution in [0.4, 0.5) is 4.39 Å². The summed E-state index contributed by atoms with van der Waals surface area (Å²) in [6.07, 6.45) is -0.752. The van der Waals surface area contributed by atoms with Crippen molar-refractivity contribution in [2.24, 2.45) is 5.41 Å². The zero-order valence-electron chi connectivity index (χ0n) is 13.9. The van der Waals surface area contributed by atoms with Gasteiger partial charge in [0.15, 0.2) is 11.6 Å². The number of benzene rings is 1. The number of methoxy groups -OCH3 is 1. The minimum atomic E-state index is -4.23. The van der Waals surface area contributed by atoms with Gasteiger partial charge in [0.25, 0.3) is 10.1 Å². The number of ether oxygens (including phenoxy) is 3. The number of hydrogen-bond donors (Lipinski definition) is 1. The van der Waals surface area contributed by atoms with Crippen LogP contribution in [0.3, 0.4) is 0 Å². The van der Waals surface area contributed by atoms with Gasteiger partial charge in [-0.3, -0.25) is 4.55 Å². The molecule has 1 aromatic carbocycles. The minimum absolute atomic E-state index is 0.0227. The highest BCUT2D eigenvalue weighted by atomic mass is 32.2. The quantitative estimate of drug-likeness (QED) is 0.450. The molecule has 1 rings (SSSR count). The second kappa shape index (κ2) is 7.91. The normalized spacial score (nSPS) is 13.4. The van der Waals surface area contributed by atoms with Gasteiger partial charge in [-0.2, -0.15) is 8.42 Å². The van der Waals surface area contributed by atoms with Gasteiger partial charge in [-0.05, 0) is 18.2 Å². The van der Waals surface area contributed by atoms with Gasteiger partial charge in [0.05, 0.1) is 5.56 Å². The van der Waals surface area contributed by atoms with E-state index in [-0.39, 0.29) is 11.3 Å². The van der Waals surface area contributed by atoms with Gasteiger partial charge in [0.1, 0.15) is 12.4 Å². The van der Waals surface area contributed by atoms with Gasteiger partial charge in [-0.1, -0.05) is 20.8 Å². The van der Waals surface area contributed by atoms with Crippen LogP contribution in [0.2, 0.25) is 0 Å². The first-order chi connectivity index (χ1) is 10.9. The van der Waals surface area contributed by atoms with E-state index in [2.05, 4.69) is 0 Å². The Kier molecular flexibility index (Phi) is 6.70. The van der Waals surface area contributed by atoms with Crippen LogP contribution < -0.4 is 4.74 Å². The summed E-state index contributed by atoms with van der Waals surface area (Å²) in [6.45, 7) is 5.00. The lowest BCUT2D eigenvalue weighted by Crippen LogP contribution is -2.34. The Hall–Kier alpha value is -1.71. The molecule has 0 aliphatic rings. The number of hydrogen-bond acceptors (Lipinski definition) is 6. The van der Waals surface area contributed by atoms with Crippen LogP contribution in [0, 0.1) is 11.2 Å². The number of esters is 1. The van der Waals surface area contributed by atoms with Crippen LogP contribution in [-0.2, 0) is 19.6 Å². The first-order valence-corrected chi connectivity index (χ1v) is 8.66. The third kappa shape index (κ3) is 6.42. The van der Waals surface area contributed by atoms with E-state index in [1.807, 2.05) is 20.8 Å². The summed E-state index contributed by atoms with van der Waals surface area (Å²) in [5.74, 6) is -2.47. The highest BCUT2D eigenvalue weighted by Crippen LogP contribution is 2.28. The van der Waals surface area contributed by atoms with E-state index in [0.29, 0.717) is 0 Å². The molecular formula is C15H21FO7S. The summed E-state index contributed by atoms with van der Waals surface area (Å²) in [4.78, 5) is 11.8. The van der Waals surface area contributed by atoms with Crippen molar-refractivity contribution in [3.05, 3.63) is 29.6 Å². The Morgan fingerprint density at radius 1 is 1.33 bits per heavy atom. The summed E-state index contributed by atoms with van der Waals surface area (Å²) in [5, 5.41) is 0. The first-order valence-electron chi connectivity index (χ1n) is 7.05. The molecule has 0 spiro atoms. The molecule has 0 amide bonds. The van der Waals surface area contributed by atoms with Crippen LogP contribution in [0.1, 0.15) is 31.1 Å². The van der Waals surface area contributed by atoms with E-state index >= 15 is 0 Å². The van der Waals surface area contributed by atoms with Crippen molar-refractivity contribution in [3.63, 3.8) is 0 Å². The smallest absolute Gasteiger partial charge is 0.338 e. The molecule has 0 saturated heterocycles. The second-order valence-corrected chi connectivity index (χ2v) is 7.69. The molecular weight excluding hydrogens is 343 g/mol. The van der Waals surface area contributed by atoms with Gasteiger partial charge in [-0.15, -0.1) is 0 Å². The molecule has 0 aromatic heterocycles. The summed E-state index contributed by atoms with van der Waals surface area (Å²) in [5.41, 5.74) is -0.460. The average molecular weight is 364 g/mol. The molecule has 136 valence electrons. The lowest BCUT2D eigenvalue weighted by Gasteiger charge is -2.29. The Bertz CT molecular complexity index is 680. The van der Waals surface area contributed by atoms with Crippen molar-refractivity contribution < 1.29 is 36.4 Å². The third-order valence-corrected chi connectivity index (χ3v) is 3.58. The van der Waals surface area contributed by atoms with Crippen molar-refractivity contribution in [3.8, 4) is 5.75 Å². The van der Waals surface area contributed by atoms with E-state index < -0.39 is 46.0 Å². The zero-order chi connectivity index (χ0) is 18.5. The molecule has 0 saturated carbocycles. The Morgan fingerprint density at radius 2 is 1.96 bits per heavy atom. The predicted octanol–water partition coefficient (Wildman–Crippen LogP) is 2.27. The van der Waals surface area contributed by atoms with Crippen LogP contribution in [0.5, 0.6) is 5.75 Å². The molecule has 0 fully saturated rings. The summed E-state index contributed by atoms with van der Waals surface area (Å²) < 4.78 is 59.0. The van der Waals surface area contributed by atoms with Gasteiger partial charge in [0, 0.05) is 12.5 Å². The standard InChI is InChI=1S/C15H21FO7S/c1-15(2,3)14(21-4)23-12-9-10(5-6-11(12)16)13(17)22-7-8-24(18,19)20/h5-6,9,14H,7-8H2,1-4H3,(H,18,19,20). The SMILES string of the molecule is COC(Oc1cc(C(=O)OCCS(=O)(=O)O)ccc1F)C(C)(C)C. The second-order valence-electron chi connectivity index (χ2n) is 6.12. The fourth-order valence-electron chi connectivity index (χ4n) is 1.74. The molecule has 0 heterocycles. The topological polar surface area (TPSA) is 99.1 Å². The number of rotatable bonds is 7. The molecule has 0 radical (unpaired) electrons.